The van der Waals surface area contributed by atoms with Crippen molar-refractivity contribution in [2.75, 3.05) is 0 Å². The highest BCUT2D eigenvalue weighted by Crippen LogP contribution is 2.35. The topological polar surface area (TPSA) is 56.2 Å². The minimum absolute atomic E-state index is 0.553. The third-order valence-electron chi connectivity index (χ3n) is 4.19. The van der Waals surface area contributed by atoms with Crippen LogP contribution in [0.5, 0.6) is 0 Å². The average Bonchev–Trinajstić information content (AvgIpc) is 3.35. The Labute approximate surface area is 157 Å². The first kappa shape index (κ1) is 15.6. The zero-order chi connectivity index (χ0) is 17.5. The lowest BCUT2D eigenvalue weighted by molar-refractivity contribution is 0.466. The van der Waals surface area contributed by atoms with Crippen LogP contribution in [-0.4, -0.2) is 19.6 Å². The van der Waals surface area contributed by atoms with Gasteiger partial charge in [-0.2, -0.15) is 0 Å². The van der Waals surface area contributed by atoms with E-state index in [0.29, 0.717) is 11.1 Å². The highest BCUT2D eigenvalue weighted by Gasteiger charge is 2.19. The summed E-state index contributed by atoms with van der Waals surface area (Å²) in [5.41, 5.74) is 4.40. The molecule has 5 aromatic rings. The fourth-order valence-corrected chi connectivity index (χ4v) is 4.72. The van der Waals surface area contributed by atoms with Crippen molar-refractivity contribution < 1.29 is 4.42 Å². The van der Waals surface area contributed by atoms with Crippen molar-refractivity contribution in [1.29, 1.82) is 0 Å². The lowest BCUT2D eigenvalue weighted by Crippen LogP contribution is -1.85. The third-order valence-corrected chi connectivity index (χ3v) is 6.21. The number of imidazole rings is 1. The molecule has 5 nitrogen and oxygen atoms in total. The van der Waals surface area contributed by atoms with E-state index >= 15 is 0 Å². The molecule has 0 radical (unpaired) electrons. The van der Waals surface area contributed by atoms with Crippen molar-refractivity contribution in [3.05, 3.63) is 65.9 Å². The summed E-state index contributed by atoms with van der Waals surface area (Å²) < 4.78 is 8.04. The van der Waals surface area contributed by atoms with Gasteiger partial charge in [-0.3, -0.25) is 4.40 Å². The van der Waals surface area contributed by atoms with Crippen LogP contribution in [0.1, 0.15) is 11.3 Å². The molecule has 0 amide bonds. The number of thiazole rings is 1. The molecule has 0 saturated heterocycles. The van der Waals surface area contributed by atoms with E-state index in [1.807, 2.05) is 36.4 Å². The van der Waals surface area contributed by atoms with E-state index in [-0.39, 0.29) is 0 Å². The molecule has 0 bridgehead atoms. The van der Waals surface area contributed by atoms with Crippen molar-refractivity contribution in [2.24, 2.45) is 0 Å². The minimum Gasteiger partial charge on any atom is -0.410 e. The summed E-state index contributed by atoms with van der Waals surface area (Å²) in [6, 6.07) is 18.4. The van der Waals surface area contributed by atoms with Crippen LogP contribution in [0.4, 0.5) is 0 Å². The standard InChI is InChI=1S/C19H14N4OS2/c1-12-16(26-18-20-14-9-5-6-10-15(14)23(12)18)17-21-22-19(24-17)25-11-13-7-3-2-4-8-13/h2-10H,11H2,1H3. The van der Waals surface area contributed by atoms with Gasteiger partial charge in [-0.25, -0.2) is 4.98 Å². The van der Waals surface area contributed by atoms with E-state index in [2.05, 4.69) is 39.7 Å². The van der Waals surface area contributed by atoms with Crippen LogP contribution in [0.3, 0.4) is 0 Å². The molecule has 26 heavy (non-hydrogen) atoms. The van der Waals surface area contributed by atoms with Gasteiger partial charge in [0.15, 0.2) is 4.96 Å². The number of benzene rings is 2. The summed E-state index contributed by atoms with van der Waals surface area (Å²) in [6.07, 6.45) is 0. The van der Waals surface area contributed by atoms with Gasteiger partial charge < -0.3 is 4.42 Å². The van der Waals surface area contributed by atoms with Gasteiger partial charge in [0.25, 0.3) is 11.1 Å². The maximum absolute atomic E-state index is 5.89. The number of hydrogen-bond acceptors (Lipinski definition) is 6. The second kappa shape index (κ2) is 6.26. The van der Waals surface area contributed by atoms with Gasteiger partial charge in [0.1, 0.15) is 4.88 Å². The van der Waals surface area contributed by atoms with Gasteiger partial charge in [0.2, 0.25) is 0 Å². The Morgan fingerprint density at radius 2 is 1.85 bits per heavy atom. The van der Waals surface area contributed by atoms with Crippen LogP contribution in [0.2, 0.25) is 0 Å². The molecule has 7 heteroatoms. The number of aryl methyl sites for hydroxylation is 1. The highest BCUT2D eigenvalue weighted by atomic mass is 32.2. The summed E-state index contributed by atoms with van der Waals surface area (Å²) in [5.74, 6) is 1.36. The number of nitrogens with zero attached hydrogens (tertiary/aromatic N) is 4. The van der Waals surface area contributed by atoms with Crippen LogP contribution in [0, 0.1) is 6.92 Å². The SMILES string of the molecule is Cc1c(-c2nnc(SCc3ccccc3)o2)sc2nc3ccccc3n12. The number of para-hydroxylation sites is 2. The van der Waals surface area contributed by atoms with E-state index < -0.39 is 0 Å². The summed E-state index contributed by atoms with van der Waals surface area (Å²) in [6.45, 7) is 2.06. The first-order valence-electron chi connectivity index (χ1n) is 8.17. The number of aromatic nitrogens is 4. The molecule has 0 fully saturated rings. The van der Waals surface area contributed by atoms with Crippen molar-refractivity contribution in [2.45, 2.75) is 17.9 Å². The quantitative estimate of drug-likeness (QED) is 0.402. The largest absolute Gasteiger partial charge is 0.410 e. The maximum atomic E-state index is 5.89. The number of hydrogen-bond donors (Lipinski definition) is 0. The van der Waals surface area contributed by atoms with Gasteiger partial charge in [-0.15, -0.1) is 10.2 Å². The van der Waals surface area contributed by atoms with E-state index in [0.717, 1.165) is 32.3 Å². The molecule has 2 aromatic carbocycles. The molecular weight excluding hydrogens is 364 g/mol. The van der Waals surface area contributed by atoms with E-state index in [9.17, 15) is 0 Å². The Kier molecular flexibility index (Phi) is 3.76. The van der Waals surface area contributed by atoms with Crippen molar-refractivity contribution >= 4 is 39.1 Å². The smallest absolute Gasteiger partial charge is 0.277 e. The van der Waals surface area contributed by atoms with Gasteiger partial charge in [-0.1, -0.05) is 65.6 Å². The summed E-state index contributed by atoms with van der Waals surface area (Å²) >= 11 is 3.13. The van der Waals surface area contributed by atoms with Crippen LogP contribution in [0.15, 0.2) is 64.2 Å². The van der Waals surface area contributed by atoms with Crippen LogP contribution in [0.25, 0.3) is 26.8 Å². The average molecular weight is 378 g/mol. The molecule has 0 N–H and O–H groups in total. The molecule has 0 aliphatic rings. The maximum Gasteiger partial charge on any atom is 0.277 e. The third kappa shape index (κ3) is 2.60. The number of thioether (sulfide) groups is 1. The fourth-order valence-electron chi connectivity index (χ4n) is 2.94. The van der Waals surface area contributed by atoms with Gasteiger partial charge in [-0.05, 0) is 24.6 Å². The van der Waals surface area contributed by atoms with Crippen molar-refractivity contribution in [3.63, 3.8) is 0 Å². The Bertz CT molecular complexity index is 1210. The summed E-state index contributed by atoms with van der Waals surface area (Å²) in [5, 5.41) is 9.02. The monoisotopic (exact) mass is 378 g/mol. The number of fused-ring (bicyclic) bond motifs is 3. The van der Waals surface area contributed by atoms with Crippen molar-refractivity contribution in [3.8, 4) is 10.8 Å². The molecule has 3 heterocycles. The lowest BCUT2D eigenvalue weighted by atomic mass is 10.2. The highest BCUT2D eigenvalue weighted by molar-refractivity contribution is 7.98. The molecule has 0 spiro atoms. The van der Waals surface area contributed by atoms with Crippen LogP contribution >= 0.6 is 23.1 Å². The van der Waals surface area contributed by atoms with Gasteiger partial charge >= 0.3 is 0 Å². The molecule has 0 aliphatic heterocycles. The fraction of sp³-hybridized carbons (Fsp3) is 0.105. The minimum atomic E-state index is 0.553. The summed E-state index contributed by atoms with van der Waals surface area (Å²) in [7, 11) is 0. The second-order valence-corrected chi connectivity index (χ2v) is 7.79. The first-order chi connectivity index (χ1) is 12.8. The number of rotatable bonds is 4. The Hall–Kier alpha value is -2.64. The molecular formula is C19H14N4OS2. The zero-order valence-electron chi connectivity index (χ0n) is 13.9. The zero-order valence-corrected chi connectivity index (χ0v) is 15.5. The van der Waals surface area contributed by atoms with E-state index in [1.165, 1.54) is 5.56 Å². The lowest BCUT2D eigenvalue weighted by Gasteiger charge is -1.97. The molecule has 5 rings (SSSR count). The first-order valence-corrected chi connectivity index (χ1v) is 9.97. The molecule has 0 atom stereocenters. The van der Waals surface area contributed by atoms with Gasteiger partial charge in [0, 0.05) is 11.4 Å². The molecule has 128 valence electrons. The Morgan fingerprint density at radius 1 is 1.04 bits per heavy atom. The van der Waals surface area contributed by atoms with Crippen LogP contribution in [-0.2, 0) is 5.75 Å². The van der Waals surface area contributed by atoms with E-state index in [4.69, 9.17) is 9.40 Å². The van der Waals surface area contributed by atoms with Gasteiger partial charge in [0.05, 0.1) is 11.0 Å². The summed E-state index contributed by atoms with van der Waals surface area (Å²) in [4.78, 5) is 6.60. The van der Waals surface area contributed by atoms with Crippen molar-refractivity contribution in [1.82, 2.24) is 19.6 Å². The molecule has 0 saturated carbocycles. The van der Waals surface area contributed by atoms with Crippen LogP contribution < -0.4 is 0 Å². The predicted octanol–water partition coefficient (Wildman–Crippen LogP) is 5.20. The van der Waals surface area contributed by atoms with E-state index in [1.54, 1.807) is 23.1 Å². The molecule has 0 aliphatic carbocycles. The second-order valence-electron chi connectivity index (χ2n) is 5.88. The Balaban J connectivity index is 1.47. The molecule has 3 aromatic heterocycles. The normalized spacial score (nSPS) is 11.6. The predicted molar refractivity (Wildman–Crippen MR) is 105 cm³/mol. The molecule has 0 unspecified atom stereocenters. The Morgan fingerprint density at radius 3 is 2.73 bits per heavy atom.